The van der Waals surface area contributed by atoms with E-state index < -0.39 is 41.5 Å². The second-order valence-corrected chi connectivity index (χ2v) is 8.73. The molecule has 0 saturated carbocycles. The molecule has 3 aromatic rings. The third kappa shape index (κ3) is 4.11. The van der Waals surface area contributed by atoms with Crippen LogP contribution < -0.4 is 10.9 Å². The van der Waals surface area contributed by atoms with Crippen LogP contribution in [0, 0.1) is 0 Å². The average Bonchev–Trinajstić information content (AvgIpc) is 3.19. The first-order valence-electron chi connectivity index (χ1n) is 8.65. The highest BCUT2D eigenvalue weighted by Gasteiger charge is 2.45. The van der Waals surface area contributed by atoms with Gasteiger partial charge in [-0.25, -0.2) is 19.8 Å². The van der Waals surface area contributed by atoms with Crippen LogP contribution in [0.1, 0.15) is 6.23 Å². The molecular formula is C16H18N6O6S2. The number of aliphatic hydroxyl groups is 2. The predicted molar refractivity (Wildman–Crippen MR) is 105 cm³/mol. The molecule has 0 aliphatic carbocycles. The Hall–Kier alpha value is -2.33. The Bertz CT molecular complexity index is 1160. The Morgan fingerprint density at radius 2 is 1.93 bits per heavy atom. The lowest BCUT2D eigenvalue weighted by Gasteiger charge is -2.15. The highest BCUT2D eigenvalue weighted by atomic mass is 32.2. The first kappa shape index (κ1) is 20.9. The maximum Gasteiger partial charge on any atom is 0.333 e. The molecule has 0 amide bonds. The topological polar surface area (TPSA) is 189 Å². The first-order valence-corrected chi connectivity index (χ1v) is 10.9. The van der Waals surface area contributed by atoms with Crippen LogP contribution in [0.15, 0.2) is 46.6 Å². The number of anilines is 1. The maximum atomic E-state index is 11.0. The van der Waals surface area contributed by atoms with Crippen LogP contribution in [0.4, 0.5) is 5.82 Å². The second-order valence-electron chi connectivity index (χ2n) is 6.45. The molecule has 4 atom stereocenters. The quantitative estimate of drug-likeness (QED) is 0.372. The molecule has 0 spiro atoms. The Morgan fingerprint density at radius 1 is 1.20 bits per heavy atom. The van der Waals surface area contributed by atoms with E-state index in [1.807, 2.05) is 30.3 Å². The Labute approximate surface area is 175 Å². The molecule has 0 radical (unpaired) electrons. The van der Waals surface area contributed by atoms with Crippen LogP contribution in [0.3, 0.4) is 0 Å². The average molecular weight is 454 g/mol. The number of aliphatic hydroxyl groups excluding tert-OH is 2. The van der Waals surface area contributed by atoms with Crippen molar-refractivity contribution in [1.29, 1.82) is 0 Å². The molecule has 1 fully saturated rings. The summed E-state index contributed by atoms with van der Waals surface area (Å²) in [5.41, 5.74) is 6.32. The van der Waals surface area contributed by atoms with E-state index in [0.29, 0.717) is 10.4 Å². The van der Waals surface area contributed by atoms with Crippen molar-refractivity contribution in [3.63, 3.8) is 0 Å². The van der Waals surface area contributed by atoms with Crippen LogP contribution in [0.25, 0.3) is 11.0 Å². The molecular weight excluding hydrogens is 436 g/mol. The summed E-state index contributed by atoms with van der Waals surface area (Å²) in [5.74, 6) is 0.187. The first-order chi connectivity index (χ1) is 14.2. The minimum atomic E-state index is -4.24. The summed E-state index contributed by atoms with van der Waals surface area (Å²) in [6.07, 6.45) is -3.97. The monoisotopic (exact) mass is 454 g/mol. The molecule has 1 aromatic carbocycles. The van der Waals surface area contributed by atoms with Crippen molar-refractivity contribution in [1.82, 2.24) is 19.7 Å². The second kappa shape index (κ2) is 8.07. The van der Waals surface area contributed by atoms with E-state index in [1.54, 1.807) is 0 Å². The van der Waals surface area contributed by atoms with Gasteiger partial charge in [-0.2, -0.15) is 13.5 Å². The third-order valence-electron chi connectivity index (χ3n) is 4.42. The predicted octanol–water partition coefficient (Wildman–Crippen LogP) is -0.601. The zero-order valence-electron chi connectivity index (χ0n) is 15.3. The van der Waals surface area contributed by atoms with E-state index in [9.17, 15) is 18.6 Å². The van der Waals surface area contributed by atoms with Crippen molar-refractivity contribution in [2.24, 2.45) is 5.14 Å². The smallest absolute Gasteiger partial charge is 0.333 e. The lowest BCUT2D eigenvalue weighted by molar-refractivity contribution is -0.0531. The molecule has 1 aliphatic heterocycles. The summed E-state index contributed by atoms with van der Waals surface area (Å²) in [6.45, 7) is -0.574. The molecule has 160 valence electrons. The van der Waals surface area contributed by atoms with Gasteiger partial charge in [0.25, 0.3) is 0 Å². The lowest BCUT2D eigenvalue weighted by Crippen LogP contribution is -2.35. The van der Waals surface area contributed by atoms with Gasteiger partial charge in [0.15, 0.2) is 11.9 Å². The summed E-state index contributed by atoms with van der Waals surface area (Å²) in [6, 6.07) is 9.41. The van der Waals surface area contributed by atoms with E-state index in [1.165, 1.54) is 22.8 Å². The standard InChI is InChI=1S/C16H18N6O6S2/c17-13-10-14(20-7-19-13)22(21-15(10)29-8-4-2-1-3-5-8)16-12(24)11(23)9(28-16)6-27-30(18,25)26/h1-5,7,9,11-12,16,23-24H,6H2,(H2,17,19,20)(H2,18,25,26)/t9-,11-,12-,16-/m1/s1. The number of nitrogens with zero attached hydrogens (tertiary/aromatic N) is 4. The van der Waals surface area contributed by atoms with Gasteiger partial charge in [-0.1, -0.05) is 30.0 Å². The van der Waals surface area contributed by atoms with Crippen molar-refractivity contribution < 1.29 is 27.6 Å². The van der Waals surface area contributed by atoms with Crippen LogP contribution in [-0.4, -0.2) is 63.3 Å². The fourth-order valence-corrected chi connectivity index (χ4v) is 4.31. The minimum absolute atomic E-state index is 0.187. The molecule has 4 rings (SSSR count). The van der Waals surface area contributed by atoms with Crippen molar-refractivity contribution in [2.75, 3.05) is 12.3 Å². The highest BCUT2D eigenvalue weighted by molar-refractivity contribution is 7.99. The molecule has 30 heavy (non-hydrogen) atoms. The van der Waals surface area contributed by atoms with Crippen LogP contribution in [0.5, 0.6) is 0 Å². The van der Waals surface area contributed by atoms with Gasteiger partial charge in [0, 0.05) is 4.90 Å². The normalized spacial score (nSPS) is 24.5. The summed E-state index contributed by atoms with van der Waals surface area (Å²) in [5, 5.41) is 31.0. The van der Waals surface area contributed by atoms with Gasteiger partial charge >= 0.3 is 10.3 Å². The SMILES string of the molecule is Nc1ncnc2c1c(Sc1ccccc1)nn2[C@@H]1O[C@H](COS(N)(=O)=O)[C@@H](O)[C@H]1O. The van der Waals surface area contributed by atoms with Gasteiger partial charge in [0.1, 0.15) is 35.5 Å². The number of hydrogen-bond acceptors (Lipinski definition) is 11. The van der Waals surface area contributed by atoms with E-state index in [-0.39, 0.29) is 11.5 Å². The molecule has 6 N–H and O–H groups in total. The van der Waals surface area contributed by atoms with Crippen LogP contribution in [0.2, 0.25) is 0 Å². The molecule has 0 bridgehead atoms. The zero-order chi connectivity index (χ0) is 21.5. The largest absolute Gasteiger partial charge is 0.387 e. The van der Waals surface area contributed by atoms with E-state index >= 15 is 0 Å². The summed E-state index contributed by atoms with van der Waals surface area (Å²) in [7, 11) is -4.24. The van der Waals surface area contributed by atoms with Gasteiger partial charge in [-0.15, -0.1) is 0 Å². The molecule has 1 aliphatic rings. The van der Waals surface area contributed by atoms with Gasteiger partial charge in [-0.3, -0.25) is 4.18 Å². The minimum Gasteiger partial charge on any atom is -0.387 e. The Kier molecular flexibility index (Phi) is 5.63. The van der Waals surface area contributed by atoms with E-state index in [0.717, 1.165) is 4.90 Å². The van der Waals surface area contributed by atoms with E-state index in [4.69, 9.17) is 15.6 Å². The number of ether oxygens (including phenoxy) is 1. The van der Waals surface area contributed by atoms with Gasteiger partial charge in [0.2, 0.25) is 0 Å². The van der Waals surface area contributed by atoms with Gasteiger partial charge in [-0.05, 0) is 12.1 Å². The van der Waals surface area contributed by atoms with Gasteiger partial charge in [0.05, 0.1) is 12.0 Å². The number of rotatable bonds is 6. The van der Waals surface area contributed by atoms with Crippen molar-refractivity contribution >= 4 is 38.9 Å². The molecule has 2 aromatic heterocycles. The van der Waals surface area contributed by atoms with Gasteiger partial charge < -0.3 is 20.7 Å². The summed E-state index contributed by atoms with van der Waals surface area (Å²) < 4.78 is 33.4. The molecule has 14 heteroatoms. The van der Waals surface area contributed by atoms with Crippen molar-refractivity contribution in [3.05, 3.63) is 36.7 Å². The van der Waals surface area contributed by atoms with Crippen LogP contribution in [-0.2, 0) is 19.2 Å². The number of hydrogen-bond donors (Lipinski definition) is 4. The van der Waals surface area contributed by atoms with E-state index in [2.05, 4.69) is 19.2 Å². The maximum absolute atomic E-state index is 11.0. The number of benzene rings is 1. The third-order valence-corrected chi connectivity index (χ3v) is 5.87. The molecule has 3 heterocycles. The molecule has 12 nitrogen and oxygen atoms in total. The van der Waals surface area contributed by atoms with Crippen molar-refractivity contribution in [3.8, 4) is 0 Å². The number of aromatic nitrogens is 4. The van der Waals surface area contributed by atoms with Crippen LogP contribution >= 0.6 is 11.8 Å². The number of nitrogens with two attached hydrogens (primary N) is 2. The fourth-order valence-electron chi connectivity index (χ4n) is 3.04. The number of fused-ring (bicyclic) bond motifs is 1. The molecule has 1 saturated heterocycles. The van der Waals surface area contributed by atoms with Crippen molar-refractivity contribution in [2.45, 2.75) is 34.5 Å². The highest BCUT2D eigenvalue weighted by Crippen LogP contribution is 2.38. The summed E-state index contributed by atoms with van der Waals surface area (Å²) in [4.78, 5) is 9.08. The Morgan fingerprint density at radius 3 is 2.63 bits per heavy atom. The molecule has 0 unspecified atom stereocenters. The Balaban J connectivity index is 1.69. The fraction of sp³-hybridized carbons (Fsp3) is 0.312. The zero-order valence-corrected chi connectivity index (χ0v) is 16.9. The lowest BCUT2D eigenvalue weighted by atomic mass is 10.1. The number of nitrogen functional groups attached to an aromatic ring is 1. The summed E-state index contributed by atoms with van der Waals surface area (Å²) >= 11 is 1.32.